The summed E-state index contributed by atoms with van der Waals surface area (Å²) in [4.78, 5) is 0. The molecule has 0 amide bonds. The molecule has 1 atom stereocenters. The van der Waals surface area contributed by atoms with Gasteiger partial charge in [0.2, 0.25) is 10.0 Å². The summed E-state index contributed by atoms with van der Waals surface area (Å²) in [6.45, 7) is 0.194. The Morgan fingerprint density at radius 3 is 2.44 bits per heavy atom. The van der Waals surface area contributed by atoms with Gasteiger partial charge < -0.3 is 0 Å². The maximum Gasteiger partial charge on any atom is 0.215 e. The van der Waals surface area contributed by atoms with Crippen LogP contribution in [0.5, 0.6) is 0 Å². The van der Waals surface area contributed by atoms with Gasteiger partial charge >= 0.3 is 0 Å². The van der Waals surface area contributed by atoms with Gasteiger partial charge in [0.15, 0.2) is 9.84 Å². The fourth-order valence-electron chi connectivity index (χ4n) is 1.90. The van der Waals surface area contributed by atoms with Gasteiger partial charge in [-0.2, -0.15) is 0 Å². The number of sulfonamides is 1. The molecule has 0 saturated carbocycles. The van der Waals surface area contributed by atoms with Crippen molar-refractivity contribution in [3.8, 4) is 0 Å². The first-order valence-corrected chi connectivity index (χ1v) is 8.99. The van der Waals surface area contributed by atoms with E-state index in [1.165, 1.54) is 0 Å². The van der Waals surface area contributed by atoms with E-state index in [1.54, 1.807) is 0 Å². The van der Waals surface area contributed by atoms with E-state index in [4.69, 9.17) is 0 Å². The number of hydrogen-bond acceptors (Lipinski definition) is 4. The molecule has 0 aromatic heterocycles. The van der Waals surface area contributed by atoms with Crippen molar-refractivity contribution in [2.75, 3.05) is 11.5 Å². The Morgan fingerprint density at radius 1 is 1.22 bits per heavy atom. The third kappa shape index (κ3) is 3.30. The molecular weight excluding hydrogens is 274 g/mol. The Hall–Kier alpha value is -0.920. The summed E-state index contributed by atoms with van der Waals surface area (Å²) in [5.74, 6) is -0.305. The summed E-state index contributed by atoms with van der Waals surface area (Å²) in [7, 11) is -6.74. The molecule has 0 unspecified atom stereocenters. The number of sulfone groups is 1. The Balaban J connectivity index is 2.01. The smallest absolute Gasteiger partial charge is 0.215 e. The molecule has 1 saturated heterocycles. The zero-order valence-electron chi connectivity index (χ0n) is 9.74. The highest BCUT2D eigenvalue weighted by atomic mass is 32.2. The molecule has 100 valence electrons. The third-order valence-corrected chi connectivity index (χ3v) is 6.76. The normalized spacial score (nSPS) is 23.0. The maximum atomic E-state index is 11.9. The van der Waals surface area contributed by atoms with Crippen molar-refractivity contribution < 1.29 is 16.8 Å². The Bertz CT molecular complexity index is 608. The van der Waals surface area contributed by atoms with Crippen molar-refractivity contribution in [1.29, 1.82) is 0 Å². The zero-order chi connectivity index (χ0) is 13.2. The van der Waals surface area contributed by atoms with Gasteiger partial charge in [-0.3, -0.25) is 0 Å². The molecule has 1 aromatic carbocycles. The molecule has 0 radical (unpaired) electrons. The lowest BCUT2D eigenvalue weighted by molar-refractivity contribution is 0.568. The van der Waals surface area contributed by atoms with Crippen molar-refractivity contribution in [3.63, 3.8) is 0 Å². The lowest BCUT2D eigenvalue weighted by Crippen LogP contribution is -2.34. The van der Waals surface area contributed by atoms with Gasteiger partial charge in [0, 0.05) is 6.54 Å². The van der Waals surface area contributed by atoms with E-state index in [2.05, 4.69) is 4.72 Å². The van der Waals surface area contributed by atoms with Gasteiger partial charge in [-0.15, -0.1) is 0 Å². The van der Waals surface area contributed by atoms with Crippen molar-refractivity contribution in [2.24, 2.45) is 0 Å². The molecular formula is C11H15NO4S2. The first-order valence-electron chi connectivity index (χ1n) is 5.62. The standard InChI is InChI=1S/C11H15NO4S2/c13-17(14)7-6-11(9-17)18(15,16)12-8-10-4-2-1-3-5-10/h1-5,11-12H,6-9H2/t11-/m0/s1. The molecule has 1 fully saturated rings. The first-order chi connectivity index (χ1) is 8.39. The van der Waals surface area contributed by atoms with Crippen LogP contribution in [-0.4, -0.2) is 33.6 Å². The van der Waals surface area contributed by atoms with Crippen LogP contribution in [0.1, 0.15) is 12.0 Å². The van der Waals surface area contributed by atoms with Gasteiger partial charge in [0.05, 0.1) is 16.8 Å². The summed E-state index contributed by atoms with van der Waals surface area (Å²) in [5, 5.41) is -0.814. The molecule has 0 bridgehead atoms. The van der Waals surface area contributed by atoms with Crippen LogP contribution in [0.4, 0.5) is 0 Å². The summed E-state index contributed by atoms with van der Waals surface area (Å²) in [6.07, 6.45) is 0.187. The van der Waals surface area contributed by atoms with Crippen LogP contribution < -0.4 is 4.72 Å². The summed E-state index contributed by atoms with van der Waals surface area (Å²) in [6, 6.07) is 9.12. The third-order valence-electron chi connectivity index (χ3n) is 2.95. The molecule has 1 aliphatic rings. The second-order valence-electron chi connectivity index (χ2n) is 4.38. The van der Waals surface area contributed by atoms with Crippen molar-refractivity contribution in [2.45, 2.75) is 18.2 Å². The van der Waals surface area contributed by atoms with Crippen LogP contribution in [0.2, 0.25) is 0 Å². The summed E-state index contributed by atoms with van der Waals surface area (Å²) < 4.78 is 48.8. The zero-order valence-corrected chi connectivity index (χ0v) is 11.4. The monoisotopic (exact) mass is 289 g/mol. The van der Waals surface area contributed by atoms with Gasteiger partial charge in [-0.1, -0.05) is 30.3 Å². The van der Waals surface area contributed by atoms with Crippen LogP contribution in [-0.2, 0) is 26.4 Å². The van der Waals surface area contributed by atoms with Crippen LogP contribution in [0.25, 0.3) is 0 Å². The van der Waals surface area contributed by atoms with Crippen LogP contribution >= 0.6 is 0 Å². The second-order valence-corrected chi connectivity index (χ2v) is 8.65. The van der Waals surface area contributed by atoms with E-state index in [9.17, 15) is 16.8 Å². The first kappa shape index (κ1) is 13.5. The average Bonchev–Trinajstić information content (AvgIpc) is 2.69. The number of rotatable bonds is 4. The molecule has 1 heterocycles. The molecule has 1 aromatic rings. The number of hydrogen-bond donors (Lipinski definition) is 1. The lowest BCUT2D eigenvalue weighted by atomic mass is 10.2. The minimum atomic E-state index is -3.56. The Labute approximate surface area is 107 Å². The highest BCUT2D eigenvalue weighted by Crippen LogP contribution is 2.18. The van der Waals surface area contributed by atoms with Crippen LogP contribution in [0, 0.1) is 0 Å². The summed E-state index contributed by atoms with van der Waals surface area (Å²) >= 11 is 0. The van der Waals surface area contributed by atoms with Crippen molar-refractivity contribution in [1.82, 2.24) is 4.72 Å². The van der Waals surface area contributed by atoms with Crippen LogP contribution in [0.3, 0.4) is 0 Å². The summed E-state index contributed by atoms with van der Waals surface area (Å²) in [5.41, 5.74) is 0.849. The van der Waals surface area contributed by atoms with E-state index < -0.39 is 25.1 Å². The quantitative estimate of drug-likeness (QED) is 0.864. The van der Waals surface area contributed by atoms with E-state index in [0.29, 0.717) is 0 Å². The predicted molar refractivity (Wildman–Crippen MR) is 69.3 cm³/mol. The SMILES string of the molecule is O=S1(=O)CC[C@H](S(=O)(=O)NCc2ccccc2)C1. The van der Waals surface area contributed by atoms with E-state index >= 15 is 0 Å². The molecule has 0 aliphatic carbocycles. The number of benzene rings is 1. The van der Waals surface area contributed by atoms with Gasteiger partial charge in [-0.05, 0) is 12.0 Å². The Morgan fingerprint density at radius 2 is 1.89 bits per heavy atom. The fourth-order valence-corrected chi connectivity index (χ4v) is 5.97. The second kappa shape index (κ2) is 4.99. The molecule has 7 heteroatoms. The fraction of sp³-hybridized carbons (Fsp3) is 0.455. The van der Waals surface area contributed by atoms with Crippen molar-refractivity contribution >= 4 is 19.9 Å². The lowest BCUT2D eigenvalue weighted by Gasteiger charge is -2.11. The van der Waals surface area contributed by atoms with Crippen molar-refractivity contribution in [3.05, 3.63) is 35.9 Å². The molecule has 2 rings (SSSR count). The minimum absolute atomic E-state index is 0.0378. The van der Waals surface area contributed by atoms with Gasteiger partial charge in [-0.25, -0.2) is 21.6 Å². The Kier molecular flexibility index (Phi) is 3.74. The number of nitrogens with one attached hydrogen (secondary N) is 1. The van der Waals surface area contributed by atoms with E-state index in [0.717, 1.165) is 5.56 Å². The predicted octanol–water partition coefficient (Wildman–Crippen LogP) is 0.293. The van der Waals surface area contributed by atoms with E-state index in [1.807, 2.05) is 30.3 Å². The molecule has 5 nitrogen and oxygen atoms in total. The molecule has 1 N–H and O–H groups in total. The van der Waals surface area contributed by atoms with Crippen LogP contribution in [0.15, 0.2) is 30.3 Å². The highest BCUT2D eigenvalue weighted by molar-refractivity contribution is 7.95. The molecule has 0 spiro atoms. The minimum Gasteiger partial charge on any atom is -0.229 e. The molecule has 18 heavy (non-hydrogen) atoms. The largest absolute Gasteiger partial charge is 0.229 e. The van der Waals surface area contributed by atoms with E-state index in [-0.39, 0.29) is 24.5 Å². The average molecular weight is 289 g/mol. The topological polar surface area (TPSA) is 80.3 Å². The molecule has 1 aliphatic heterocycles. The van der Waals surface area contributed by atoms with Gasteiger partial charge in [0.25, 0.3) is 0 Å². The highest BCUT2D eigenvalue weighted by Gasteiger charge is 2.36. The van der Waals surface area contributed by atoms with Gasteiger partial charge in [0.1, 0.15) is 0 Å². The maximum absolute atomic E-state index is 11.9.